The van der Waals surface area contributed by atoms with E-state index in [1.165, 1.54) is 18.4 Å². The molecule has 1 saturated heterocycles. The van der Waals surface area contributed by atoms with Crippen LogP contribution in [0.1, 0.15) is 16.6 Å². The Balaban J connectivity index is 0.000000704. The van der Waals surface area contributed by atoms with Gasteiger partial charge in [0, 0.05) is 31.1 Å². The van der Waals surface area contributed by atoms with Crippen molar-refractivity contribution in [3.05, 3.63) is 23.1 Å². The Morgan fingerprint density at radius 3 is 3.00 bits per heavy atom. The first-order chi connectivity index (χ1) is 9.76. The summed E-state index contributed by atoms with van der Waals surface area (Å²) in [5.41, 5.74) is 4.50. The van der Waals surface area contributed by atoms with Crippen molar-refractivity contribution in [1.82, 2.24) is 10.3 Å². The van der Waals surface area contributed by atoms with Gasteiger partial charge in [0.25, 0.3) is 0 Å². The van der Waals surface area contributed by atoms with Crippen LogP contribution in [-0.4, -0.2) is 44.0 Å². The van der Waals surface area contributed by atoms with E-state index < -0.39 is 0 Å². The zero-order chi connectivity index (χ0) is 14.5. The van der Waals surface area contributed by atoms with Crippen molar-refractivity contribution in [1.29, 1.82) is 0 Å². The average molecular weight is 292 g/mol. The van der Waals surface area contributed by atoms with E-state index in [4.69, 9.17) is 0 Å². The van der Waals surface area contributed by atoms with Crippen LogP contribution in [-0.2, 0) is 0 Å². The van der Waals surface area contributed by atoms with Gasteiger partial charge < -0.3 is 16.0 Å². The van der Waals surface area contributed by atoms with Crippen LogP contribution in [0.5, 0.6) is 0 Å². The predicted molar refractivity (Wildman–Crippen MR) is 84.8 cm³/mol. The summed E-state index contributed by atoms with van der Waals surface area (Å²) in [7, 11) is 1.50. The second-order valence-corrected chi connectivity index (χ2v) is 5.69. The highest BCUT2D eigenvalue weighted by molar-refractivity contribution is 7.20. The number of aromatic nitrogens is 1. The van der Waals surface area contributed by atoms with Crippen molar-refractivity contribution in [2.75, 3.05) is 31.6 Å². The van der Waals surface area contributed by atoms with E-state index in [9.17, 15) is 4.79 Å². The Kier molecular flexibility index (Phi) is 5.05. The van der Waals surface area contributed by atoms with Crippen LogP contribution in [0, 0.1) is 0 Å². The molecule has 2 aromatic heterocycles. The van der Waals surface area contributed by atoms with Gasteiger partial charge >= 0.3 is 0 Å². The topological polar surface area (TPSA) is 71.2 Å². The SMILES string of the molecule is CC1CN(c2ccc3cc(C=O)sc3n2)CCN1.CN. The number of hydrogen-bond donors (Lipinski definition) is 2. The summed E-state index contributed by atoms with van der Waals surface area (Å²) in [4.78, 5) is 19.4. The van der Waals surface area contributed by atoms with Gasteiger partial charge in [0.15, 0.2) is 6.29 Å². The van der Waals surface area contributed by atoms with Gasteiger partial charge in [-0.15, -0.1) is 11.3 Å². The third-order valence-corrected chi connectivity index (χ3v) is 4.17. The lowest BCUT2D eigenvalue weighted by atomic mass is 10.2. The van der Waals surface area contributed by atoms with Crippen molar-refractivity contribution >= 4 is 33.7 Å². The van der Waals surface area contributed by atoms with E-state index in [0.717, 1.165) is 46.8 Å². The van der Waals surface area contributed by atoms with Crippen LogP contribution in [0.15, 0.2) is 18.2 Å². The number of piperazine rings is 1. The van der Waals surface area contributed by atoms with Crippen molar-refractivity contribution in [3.63, 3.8) is 0 Å². The van der Waals surface area contributed by atoms with E-state index in [1.807, 2.05) is 18.2 Å². The van der Waals surface area contributed by atoms with Gasteiger partial charge in [-0.05, 0) is 32.2 Å². The summed E-state index contributed by atoms with van der Waals surface area (Å²) < 4.78 is 0. The van der Waals surface area contributed by atoms with Crippen LogP contribution in [0.25, 0.3) is 10.2 Å². The Morgan fingerprint density at radius 1 is 1.50 bits per heavy atom. The molecular formula is C14H20N4OS. The van der Waals surface area contributed by atoms with E-state index in [1.54, 1.807) is 0 Å². The summed E-state index contributed by atoms with van der Waals surface area (Å²) in [5, 5.41) is 4.47. The molecule has 1 unspecified atom stereocenters. The molecule has 1 aliphatic rings. The number of aldehydes is 1. The zero-order valence-electron chi connectivity index (χ0n) is 11.8. The third-order valence-electron chi connectivity index (χ3n) is 3.20. The van der Waals surface area contributed by atoms with Crippen molar-refractivity contribution in [2.24, 2.45) is 5.73 Å². The smallest absolute Gasteiger partial charge is 0.160 e. The minimum Gasteiger partial charge on any atom is -0.354 e. The van der Waals surface area contributed by atoms with E-state index in [0.29, 0.717) is 6.04 Å². The van der Waals surface area contributed by atoms with Crippen molar-refractivity contribution in [2.45, 2.75) is 13.0 Å². The van der Waals surface area contributed by atoms with Gasteiger partial charge in [-0.3, -0.25) is 4.79 Å². The Hall–Kier alpha value is -1.50. The fourth-order valence-corrected chi connectivity index (χ4v) is 3.14. The Morgan fingerprint density at radius 2 is 2.30 bits per heavy atom. The van der Waals surface area contributed by atoms with Gasteiger partial charge in [-0.2, -0.15) is 0 Å². The lowest BCUT2D eigenvalue weighted by Crippen LogP contribution is -2.49. The summed E-state index contributed by atoms with van der Waals surface area (Å²) in [6.45, 7) is 5.13. The molecule has 0 amide bonds. The molecule has 0 spiro atoms. The standard InChI is InChI=1S/C13H15N3OS.CH5N/c1-9-7-16(5-4-14-9)12-3-2-10-6-11(8-17)18-13(10)15-12;1-2/h2-3,6,8-9,14H,4-5,7H2,1H3;2H2,1H3. The second-order valence-electron chi connectivity index (χ2n) is 4.63. The fraction of sp³-hybridized carbons (Fsp3) is 0.429. The molecule has 1 aliphatic heterocycles. The summed E-state index contributed by atoms with van der Waals surface area (Å²) in [6.07, 6.45) is 0.888. The number of nitrogens with two attached hydrogens (primary N) is 1. The van der Waals surface area contributed by atoms with Crippen LogP contribution in [0.3, 0.4) is 0 Å². The van der Waals surface area contributed by atoms with Crippen LogP contribution in [0.4, 0.5) is 5.82 Å². The fourth-order valence-electron chi connectivity index (χ4n) is 2.30. The van der Waals surface area contributed by atoms with Crippen LogP contribution < -0.4 is 16.0 Å². The molecule has 0 aliphatic carbocycles. The first kappa shape index (κ1) is 14.9. The number of fused-ring (bicyclic) bond motifs is 1. The number of nitrogens with one attached hydrogen (secondary N) is 1. The molecule has 0 aromatic carbocycles. The first-order valence-corrected chi connectivity index (χ1v) is 7.50. The number of hydrogen-bond acceptors (Lipinski definition) is 6. The van der Waals surface area contributed by atoms with Gasteiger partial charge in [0.05, 0.1) is 4.88 Å². The molecule has 3 N–H and O–H groups in total. The van der Waals surface area contributed by atoms with Crippen LogP contribution >= 0.6 is 11.3 Å². The summed E-state index contributed by atoms with van der Waals surface area (Å²) >= 11 is 1.45. The number of nitrogens with zero attached hydrogens (tertiary/aromatic N) is 2. The molecular weight excluding hydrogens is 272 g/mol. The lowest BCUT2D eigenvalue weighted by molar-refractivity contribution is 0.112. The molecule has 0 saturated carbocycles. The van der Waals surface area contributed by atoms with Gasteiger partial charge in [0.2, 0.25) is 0 Å². The van der Waals surface area contributed by atoms with Gasteiger partial charge in [0.1, 0.15) is 10.6 Å². The Labute approximate surface area is 122 Å². The lowest BCUT2D eigenvalue weighted by Gasteiger charge is -2.32. The molecule has 3 heterocycles. The molecule has 2 aromatic rings. The quantitative estimate of drug-likeness (QED) is 0.820. The Bertz CT molecular complexity index is 584. The number of carbonyl (C=O) groups excluding carboxylic acids is 1. The van der Waals surface area contributed by atoms with Crippen molar-refractivity contribution < 1.29 is 4.79 Å². The number of thiophene rings is 1. The molecule has 108 valence electrons. The summed E-state index contributed by atoms with van der Waals surface area (Å²) in [5.74, 6) is 1.01. The minimum atomic E-state index is 0.491. The predicted octanol–water partition coefficient (Wildman–Crippen LogP) is 1.48. The maximum Gasteiger partial charge on any atom is 0.160 e. The second kappa shape index (κ2) is 6.78. The highest BCUT2D eigenvalue weighted by Gasteiger charge is 2.17. The number of pyridine rings is 1. The normalized spacial score (nSPS) is 18.6. The molecule has 5 nitrogen and oxygen atoms in total. The van der Waals surface area contributed by atoms with E-state index in [-0.39, 0.29) is 0 Å². The molecule has 0 bridgehead atoms. The molecule has 20 heavy (non-hydrogen) atoms. The number of anilines is 1. The maximum absolute atomic E-state index is 10.8. The molecule has 1 atom stereocenters. The third kappa shape index (κ3) is 3.15. The summed E-state index contributed by atoms with van der Waals surface area (Å²) in [6, 6.07) is 6.48. The molecule has 6 heteroatoms. The highest BCUT2D eigenvalue weighted by Crippen LogP contribution is 2.25. The zero-order valence-corrected chi connectivity index (χ0v) is 12.6. The number of rotatable bonds is 2. The van der Waals surface area contributed by atoms with E-state index >= 15 is 0 Å². The van der Waals surface area contributed by atoms with Gasteiger partial charge in [-0.1, -0.05) is 0 Å². The number of carbonyl (C=O) groups is 1. The molecule has 3 rings (SSSR count). The molecule has 0 radical (unpaired) electrons. The van der Waals surface area contributed by atoms with Crippen LogP contribution in [0.2, 0.25) is 0 Å². The van der Waals surface area contributed by atoms with Gasteiger partial charge in [-0.25, -0.2) is 4.98 Å². The minimum absolute atomic E-state index is 0.491. The average Bonchev–Trinajstić information content (AvgIpc) is 2.91. The highest BCUT2D eigenvalue weighted by atomic mass is 32.1. The van der Waals surface area contributed by atoms with Crippen molar-refractivity contribution in [3.8, 4) is 0 Å². The first-order valence-electron chi connectivity index (χ1n) is 6.68. The monoisotopic (exact) mass is 292 g/mol. The maximum atomic E-state index is 10.8. The largest absolute Gasteiger partial charge is 0.354 e. The molecule has 1 fully saturated rings. The van der Waals surface area contributed by atoms with E-state index in [2.05, 4.69) is 27.9 Å².